The quantitative estimate of drug-likeness (QED) is 0.619. The molecule has 118 valence electrons. The van der Waals surface area contributed by atoms with Crippen molar-refractivity contribution in [2.75, 3.05) is 5.32 Å². The molecule has 0 spiro atoms. The first-order valence-corrected chi connectivity index (χ1v) is 7.87. The van der Waals surface area contributed by atoms with Gasteiger partial charge in [0.25, 0.3) is 0 Å². The lowest BCUT2D eigenvalue weighted by atomic mass is 10.1. The summed E-state index contributed by atoms with van der Waals surface area (Å²) in [5, 5.41) is 4.54. The van der Waals surface area contributed by atoms with Crippen LogP contribution in [0.25, 0.3) is 16.9 Å². The number of anilines is 1. The number of fused-ring (bicyclic) bond motifs is 1. The van der Waals surface area contributed by atoms with Crippen molar-refractivity contribution in [3.8, 4) is 5.95 Å². The minimum Gasteiger partial charge on any atom is -0.363 e. The highest BCUT2D eigenvalue weighted by Gasteiger charge is 2.09. The third-order valence-electron chi connectivity index (χ3n) is 4.02. The number of pyridine rings is 1. The Kier molecular flexibility index (Phi) is 3.67. The highest BCUT2D eigenvalue weighted by atomic mass is 15.2. The van der Waals surface area contributed by atoms with Crippen LogP contribution in [0.1, 0.15) is 18.5 Å². The highest BCUT2D eigenvalue weighted by Crippen LogP contribution is 2.20. The number of rotatable bonds is 4. The first-order chi connectivity index (χ1) is 11.8. The molecule has 24 heavy (non-hydrogen) atoms. The third kappa shape index (κ3) is 2.72. The first kappa shape index (κ1) is 14.4. The lowest BCUT2D eigenvalue weighted by molar-refractivity contribution is 0.862. The van der Waals surface area contributed by atoms with E-state index >= 15 is 0 Å². The molecule has 5 nitrogen and oxygen atoms in total. The molecule has 0 saturated carbocycles. The minimum absolute atomic E-state index is 0.164. The number of hydrogen-bond acceptors (Lipinski definition) is 4. The van der Waals surface area contributed by atoms with E-state index in [1.165, 1.54) is 5.56 Å². The van der Waals surface area contributed by atoms with Gasteiger partial charge >= 0.3 is 0 Å². The summed E-state index contributed by atoms with van der Waals surface area (Å²) >= 11 is 0. The van der Waals surface area contributed by atoms with E-state index in [1.807, 2.05) is 53.4 Å². The maximum atomic E-state index is 4.64. The van der Waals surface area contributed by atoms with Gasteiger partial charge in [-0.2, -0.15) is 4.98 Å². The molecule has 0 radical (unpaired) electrons. The van der Waals surface area contributed by atoms with E-state index in [9.17, 15) is 0 Å². The van der Waals surface area contributed by atoms with E-state index in [0.717, 1.165) is 16.7 Å². The molecule has 4 aromatic rings. The molecule has 0 aliphatic heterocycles. The van der Waals surface area contributed by atoms with Crippen molar-refractivity contribution in [2.24, 2.45) is 0 Å². The molecule has 3 heterocycles. The Morgan fingerprint density at radius 2 is 1.88 bits per heavy atom. The van der Waals surface area contributed by atoms with Crippen LogP contribution < -0.4 is 5.32 Å². The first-order valence-electron chi connectivity index (χ1n) is 7.87. The fraction of sp³-hybridized carbons (Fsp3) is 0.105. The molecule has 0 aliphatic rings. The van der Waals surface area contributed by atoms with E-state index in [2.05, 4.69) is 39.3 Å². The fourth-order valence-electron chi connectivity index (χ4n) is 2.74. The maximum Gasteiger partial charge on any atom is 0.236 e. The summed E-state index contributed by atoms with van der Waals surface area (Å²) in [7, 11) is 0. The van der Waals surface area contributed by atoms with Crippen LogP contribution in [0.15, 0.2) is 73.3 Å². The molecule has 1 N–H and O–H groups in total. The molecule has 1 aromatic carbocycles. The highest BCUT2D eigenvalue weighted by molar-refractivity contribution is 5.80. The van der Waals surface area contributed by atoms with Crippen LogP contribution in [0.2, 0.25) is 0 Å². The molecule has 3 aromatic heterocycles. The summed E-state index contributed by atoms with van der Waals surface area (Å²) in [6.45, 7) is 2.12. The summed E-state index contributed by atoms with van der Waals surface area (Å²) < 4.78 is 1.95. The third-order valence-corrected chi connectivity index (χ3v) is 4.02. The second-order valence-electron chi connectivity index (χ2n) is 5.64. The molecule has 0 fully saturated rings. The van der Waals surface area contributed by atoms with Crippen LogP contribution in [0.4, 0.5) is 5.82 Å². The molecular formula is C19H17N5. The SMILES string of the molecule is C[C@H](Nc1ccnc(-n2ccc3ccncc32)n1)c1ccccc1. The fourth-order valence-corrected chi connectivity index (χ4v) is 2.74. The standard InChI is InChI=1S/C19H17N5/c1-14(15-5-3-2-4-6-15)22-18-8-11-21-19(23-18)24-12-9-16-7-10-20-13-17(16)24/h2-14H,1H3,(H,21,22,23)/t14-/m0/s1. The average Bonchev–Trinajstić information content (AvgIpc) is 3.07. The van der Waals surface area contributed by atoms with Crippen molar-refractivity contribution in [1.82, 2.24) is 19.5 Å². The monoisotopic (exact) mass is 315 g/mol. The zero-order valence-electron chi connectivity index (χ0n) is 13.3. The van der Waals surface area contributed by atoms with Gasteiger partial charge in [-0.3, -0.25) is 9.55 Å². The van der Waals surface area contributed by atoms with Crippen LogP contribution in [-0.4, -0.2) is 19.5 Å². The van der Waals surface area contributed by atoms with Gasteiger partial charge in [-0.1, -0.05) is 30.3 Å². The molecular weight excluding hydrogens is 298 g/mol. The van der Waals surface area contributed by atoms with Gasteiger partial charge in [0.1, 0.15) is 5.82 Å². The lowest BCUT2D eigenvalue weighted by Crippen LogP contribution is -2.09. The maximum absolute atomic E-state index is 4.64. The molecule has 4 rings (SSSR count). The minimum atomic E-state index is 0.164. The molecule has 0 aliphatic carbocycles. The zero-order valence-corrected chi connectivity index (χ0v) is 13.3. The number of nitrogens with one attached hydrogen (secondary N) is 1. The summed E-state index contributed by atoms with van der Waals surface area (Å²) in [6, 6.07) is 16.4. The molecule has 0 unspecified atom stereocenters. The van der Waals surface area contributed by atoms with E-state index < -0.39 is 0 Å². The van der Waals surface area contributed by atoms with Gasteiger partial charge in [0.05, 0.1) is 11.7 Å². The normalized spacial score (nSPS) is 12.2. The summed E-state index contributed by atoms with van der Waals surface area (Å²) in [6.07, 6.45) is 7.34. The lowest BCUT2D eigenvalue weighted by Gasteiger charge is -2.15. The Balaban J connectivity index is 1.64. The van der Waals surface area contributed by atoms with Gasteiger partial charge in [-0.05, 0) is 30.7 Å². The van der Waals surface area contributed by atoms with Crippen LogP contribution in [0.5, 0.6) is 0 Å². The number of benzene rings is 1. The van der Waals surface area contributed by atoms with Crippen molar-refractivity contribution < 1.29 is 0 Å². The second-order valence-corrected chi connectivity index (χ2v) is 5.64. The van der Waals surface area contributed by atoms with E-state index in [1.54, 1.807) is 12.4 Å². The Bertz CT molecular complexity index is 962. The second kappa shape index (κ2) is 6.12. The van der Waals surface area contributed by atoms with Gasteiger partial charge in [0.15, 0.2) is 0 Å². The Labute approximate surface area is 140 Å². The topological polar surface area (TPSA) is 55.6 Å². The van der Waals surface area contributed by atoms with Crippen molar-refractivity contribution >= 4 is 16.7 Å². The van der Waals surface area contributed by atoms with E-state index in [0.29, 0.717) is 5.95 Å². The molecule has 1 atom stereocenters. The smallest absolute Gasteiger partial charge is 0.236 e. The van der Waals surface area contributed by atoms with E-state index in [-0.39, 0.29) is 6.04 Å². The van der Waals surface area contributed by atoms with Gasteiger partial charge < -0.3 is 5.32 Å². The Morgan fingerprint density at radius 3 is 2.75 bits per heavy atom. The van der Waals surface area contributed by atoms with Crippen LogP contribution >= 0.6 is 0 Å². The summed E-state index contributed by atoms with van der Waals surface area (Å²) in [4.78, 5) is 13.2. The Morgan fingerprint density at radius 1 is 1.00 bits per heavy atom. The average molecular weight is 315 g/mol. The molecule has 5 heteroatoms. The van der Waals surface area contributed by atoms with Crippen LogP contribution in [0, 0.1) is 0 Å². The summed E-state index contributed by atoms with van der Waals surface area (Å²) in [5.41, 5.74) is 2.21. The predicted octanol–water partition coefficient (Wildman–Crippen LogP) is 3.99. The van der Waals surface area contributed by atoms with Crippen LogP contribution in [-0.2, 0) is 0 Å². The summed E-state index contributed by atoms with van der Waals surface area (Å²) in [5.74, 6) is 1.42. The van der Waals surface area contributed by atoms with E-state index in [4.69, 9.17) is 0 Å². The largest absolute Gasteiger partial charge is 0.363 e. The molecule has 0 amide bonds. The van der Waals surface area contributed by atoms with Crippen molar-refractivity contribution in [3.05, 3.63) is 78.9 Å². The Hall–Kier alpha value is -3.21. The number of hydrogen-bond donors (Lipinski definition) is 1. The zero-order chi connectivity index (χ0) is 16.4. The van der Waals surface area contributed by atoms with Crippen molar-refractivity contribution in [1.29, 1.82) is 0 Å². The van der Waals surface area contributed by atoms with Gasteiger partial charge in [-0.15, -0.1) is 0 Å². The number of nitrogens with zero attached hydrogens (tertiary/aromatic N) is 4. The molecule has 0 saturated heterocycles. The van der Waals surface area contributed by atoms with Crippen LogP contribution in [0.3, 0.4) is 0 Å². The van der Waals surface area contributed by atoms with Gasteiger partial charge in [0.2, 0.25) is 5.95 Å². The van der Waals surface area contributed by atoms with Crippen molar-refractivity contribution in [2.45, 2.75) is 13.0 Å². The predicted molar refractivity (Wildman–Crippen MR) is 95.1 cm³/mol. The van der Waals surface area contributed by atoms with Gasteiger partial charge in [0, 0.05) is 30.0 Å². The molecule has 0 bridgehead atoms. The van der Waals surface area contributed by atoms with Crippen molar-refractivity contribution in [3.63, 3.8) is 0 Å². The number of aromatic nitrogens is 4. The van der Waals surface area contributed by atoms with Gasteiger partial charge in [-0.25, -0.2) is 4.98 Å².